The van der Waals surface area contributed by atoms with Gasteiger partial charge in [0.1, 0.15) is 42.4 Å². The molecule has 16 unspecified atom stereocenters. The molecule has 298 valence electrons. The fourth-order valence-electron chi connectivity index (χ4n) is 10.4. The van der Waals surface area contributed by atoms with Gasteiger partial charge in [0.15, 0.2) is 24.4 Å². The van der Waals surface area contributed by atoms with Gasteiger partial charge < -0.3 is 54.7 Å². The molecule has 7 N–H and O–H groups in total. The number of hydrogen-bond donors (Lipinski definition) is 7. The molecule has 2 aliphatic heterocycles. The number of carboxylic acids is 1. The number of Topliss-reactive ketones (excluding diaryl/α,β-unsaturated/α-hetero) is 2. The molecule has 14 nitrogen and oxygen atoms in total. The molecule has 53 heavy (non-hydrogen) atoms. The van der Waals surface area contributed by atoms with Gasteiger partial charge in [0, 0.05) is 17.8 Å². The number of aliphatic carboxylic acids is 1. The van der Waals surface area contributed by atoms with E-state index in [9.17, 15) is 50.1 Å². The number of aliphatic hydroxyl groups is 6. The normalized spacial score (nSPS) is 44.3. The third-order valence-corrected chi connectivity index (χ3v) is 13.9. The molecule has 0 bridgehead atoms. The van der Waals surface area contributed by atoms with Crippen LogP contribution in [-0.4, -0.2) is 121 Å². The van der Waals surface area contributed by atoms with Crippen LogP contribution in [0.2, 0.25) is 0 Å². The summed E-state index contributed by atoms with van der Waals surface area (Å²) in [5.74, 6) is -2.30. The van der Waals surface area contributed by atoms with Gasteiger partial charge >= 0.3 is 5.97 Å². The first-order valence-electron chi connectivity index (χ1n) is 19.3. The van der Waals surface area contributed by atoms with Crippen molar-refractivity contribution < 1.29 is 69.1 Å². The van der Waals surface area contributed by atoms with Gasteiger partial charge in [-0.25, -0.2) is 4.79 Å². The Kier molecular flexibility index (Phi) is 11.4. The molecule has 6 rings (SSSR count). The summed E-state index contributed by atoms with van der Waals surface area (Å²) in [6.45, 7) is 11.8. The lowest BCUT2D eigenvalue weighted by atomic mass is 9.50. The quantitative estimate of drug-likeness (QED) is 0.159. The van der Waals surface area contributed by atoms with Crippen molar-refractivity contribution in [3.8, 4) is 0 Å². The summed E-state index contributed by atoms with van der Waals surface area (Å²) in [4.78, 5) is 39.1. The topological polar surface area (TPSA) is 230 Å². The first-order valence-corrected chi connectivity index (χ1v) is 19.3. The lowest BCUT2D eigenvalue weighted by molar-refractivity contribution is -0.350. The van der Waals surface area contributed by atoms with Crippen LogP contribution < -0.4 is 0 Å². The lowest BCUT2D eigenvalue weighted by Gasteiger charge is -2.54. The number of hydrogen-bond acceptors (Lipinski definition) is 13. The summed E-state index contributed by atoms with van der Waals surface area (Å²) in [5, 5.41) is 73.5. The van der Waals surface area contributed by atoms with E-state index in [1.54, 1.807) is 0 Å². The zero-order valence-electron chi connectivity index (χ0n) is 31.5. The highest BCUT2D eigenvalue weighted by atomic mass is 16.7. The average Bonchev–Trinajstić information content (AvgIpc) is 3.31. The summed E-state index contributed by atoms with van der Waals surface area (Å²) >= 11 is 0. The Morgan fingerprint density at radius 3 is 2.25 bits per heavy atom. The Hall–Kier alpha value is -2.27. The van der Waals surface area contributed by atoms with E-state index in [0.29, 0.717) is 37.7 Å². The molecular formula is C39H58O14. The molecule has 1 saturated carbocycles. The Morgan fingerprint density at radius 2 is 1.58 bits per heavy atom. The SMILES string of the molecule is CC(CC(=O)C(C)C(C)C)C1=C(O)C(=O)C2C3=C(CCC12C)C1(C)CCC(OC2OC(C(=O)O)C(O)C(OC4OCC(O)C(O)C4O)C2O)CC1CC3. The number of carbonyl (C=O) groups is 3. The summed E-state index contributed by atoms with van der Waals surface area (Å²) in [6.07, 6.45) is -10.4. The largest absolute Gasteiger partial charge is 0.504 e. The molecule has 0 aromatic carbocycles. The number of ether oxygens (including phenoxy) is 4. The van der Waals surface area contributed by atoms with E-state index in [1.165, 1.54) is 5.57 Å². The van der Waals surface area contributed by atoms with Crippen LogP contribution in [0, 0.1) is 40.4 Å². The molecular weight excluding hydrogens is 692 g/mol. The van der Waals surface area contributed by atoms with Gasteiger partial charge in [0.05, 0.1) is 18.6 Å². The van der Waals surface area contributed by atoms with Crippen molar-refractivity contribution in [2.24, 2.45) is 40.4 Å². The van der Waals surface area contributed by atoms with E-state index in [4.69, 9.17) is 18.9 Å². The third-order valence-electron chi connectivity index (χ3n) is 13.9. The number of fused-ring (bicyclic) bond motifs is 4. The van der Waals surface area contributed by atoms with Crippen molar-refractivity contribution in [3.63, 3.8) is 0 Å². The second kappa shape index (κ2) is 15.0. The zero-order chi connectivity index (χ0) is 38.9. The summed E-state index contributed by atoms with van der Waals surface area (Å²) < 4.78 is 22.7. The number of aliphatic hydroxyl groups excluding tert-OH is 6. The van der Waals surface area contributed by atoms with Gasteiger partial charge in [-0.05, 0) is 73.7 Å². The van der Waals surface area contributed by atoms with Crippen LogP contribution in [0.1, 0.15) is 92.9 Å². The number of carbonyl (C=O) groups excluding carboxylic acids is 2. The number of rotatable bonds is 10. The number of carboxylic acid groups (broad SMARTS) is 1. The molecule has 3 fully saturated rings. The Labute approximate surface area is 310 Å². The number of allylic oxidation sites excluding steroid dienone is 4. The van der Waals surface area contributed by atoms with E-state index in [-0.39, 0.29) is 52.8 Å². The van der Waals surface area contributed by atoms with Crippen LogP contribution in [-0.2, 0) is 33.3 Å². The van der Waals surface area contributed by atoms with Crippen molar-refractivity contribution in [3.05, 3.63) is 22.5 Å². The van der Waals surface area contributed by atoms with Crippen LogP contribution in [0.15, 0.2) is 22.5 Å². The molecule has 0 aromatic rings. The van der Waals surface area contributed by atoms with Crippen LogP contribution in [0.4, 0.5) is 0 Å². The van der Waals surface area contributed by atoms with Gasteiger partial charge in [-0.15, -0.1) is 0 Å². The smallest absolute Gasteiger partial charge is 0.335 e. The fraction of sp³-hybridized carbons (Fsp3) is 0.821. The van der Waals surface area contributed by atoms with Crippen molar-refractivity contribution in [1.82, 2.24) is 0 Å². The second-order valence-electron chi connectivity index (χ2n) is 17.4. The van der Waals surface area contributed by atoms with Crippen molar-refractivity contribution >= 4 is 17.5 Å². The van der Waals surface area contributed by atoms with E-state index in [2.05, 4.69) is 13.8 Å². The zero-order valence-corrected chi connectivity index (χ0v) is 31.5. The minimum absolute atomic E-state index is 0.111. The van der Waals surface area contributed by atoms with Crippen molar-refractivity contribution in [2.75, 3.05) is 6.61 Å². The molecule has 6 aliphatic rings. The summed E-state index contributed by atoms with van der Waals surface area (Å²) in [7, 11) is 0. The maximum absolute atomic E-state index is 13.9. The van der Waals surface area contributed by atoms with Crippen LogP contribution in [0.25, 0.3) is 0 Å². The van der Waals surface area contributed by atoms with Gasteiger partial charge in [-0.1, -0.05) is 52.7 Å². The molecule has 14 heteroatoms. The Morgan fingerprint density at radius 1 is 0.887 bits per heavy atom. The van der Waals surface area contributed by atoms with Gasteiger partial charge in [-0.2, -0.15) is 0 Å². The highest BCUT2D eigenvalue weighted by molar-refractivity contribution is 6.02. The standard InChI is InChI=1S/C39H58O14/c1-16(2)18(4)23(40)13-17(3)25-28(43)29(44)26-21-8-7-19-14-20(9-11-38(19,5)22(21)10-12-39(25,26)6)51-37-32(47)33(31(46)34(53-37)35(48)49)52-36-30(45)27(42)24(41)15-50-36/h16-20,24,26-27,30-34,36-37,41-43,45-47H,7-15H2,1-6H3,(H,48,49). The van der Waals surface area contributed by atoms with E-state index < -0.39 is 85.3 Å². The Bertz CT molecular complexity index is 1510. The second-order valence-corrected chi connectivity index (χ2v) is 17.4. The first-order chi connectivity index (χ1) is 24.8. The molecule has 16 atom stereocenters. The minimum atomic E-state index is -1.88. The van der Waals surface area contributed by atoms with Gasteiger partial charge in [-0.3, -0.25) is 9.59 Å². The summed E-state index contributed by atoms with van der Waals surface area (Å²) in [6, 6.07) is 0. The third kappa shape index (κ3) is 6.94. The molecule has 0 aromatic heterocycles. The molecule has 0 radical (unpaired) electrons. The van der Waals surface area contributed by atoms with E-state index in [0.717, 1.165) is 18.4 Å². The fourth-order valence-corrected chi connectivity index (χ4v) is 10.4. The maximum atomic E-state index is 13.9. The lowest BCUT2D eigenvalue weighted by Crippen LogP contribution is -2.64. The highest BCUT2D eigenvalue weighted by Crippen LogP contribution is 2.64. The monoisotopic (exact) mass is 750 g/mol. The van der Waals surface area contributed by atoms with Crippen molar-refractivity contribution in [1.29, 1.82) is 0 Å². The molecule has 0 spiro atoms. The van der Waals surface area contributed by atoms with E-state index in [1.807, 2.05) is 27.7 Å². The predicted octanol–water partition coefficient (Wildman–Crippen LogP) is 2.32. The van der Waals surface area contributed by atoms with Crippen molar-refractivity contribution in [2.45, 2.75) is 154 Å². The molecule has 0 amide bonds. The van der Waals surface area contributed by atoms with Crippen LogP contribution >= 0.6 is 0 Å². The highest BCUT2D eigenvalue weighted by Gasteiger charge is 2.60. The van der Waals surface area contributed by atoms with Gasteiger partial charge in [0.2, 0.25) is 5.78 Å². The minimum Gasteiger partial charge on any atom is -0.504 e. The molecule has 4 aliphatic carbocycles. The molecule has 2 heterocycles. The average molecular weight is 751 g/mol. The first kappa shape index (κ1) is 40.4. The van der Waals surface area contributed by atoms with E-state index >= 15 is 0 Å². The van der Waals surface area contributed by atoms with Crippen LogP contribution in [0.3, 0.4) is 0 Å². The predicted molar refractivity (Wildman–Crippen MR) is 186 cm³/mol. The molecule has 2 saturated heterocycles. The van der Waals surface area contributed by atoms with Crippen LogP contribution in [0.5, 0.6) is 0 Å². The maximum Gasteiger partial charge on any atom is 0.335 e. The number of ketones is 2. The Balaban J connectivity index is 1.16. The van der Waals surface area contributed by atoms with Gasteiger partial charge in [0.25, 0.3) is 0 Å². The summed E-state index contributed by atoms with van der Waals surface area (Å²) in [5.41, 5.74) is 2.25.